The summed E-state index contributed by atoms with van der Waals surface area (Å²) in [7, 11) is 0. The first-order valence-corrected chi connectivity index (χ1v) is 4.74. The maximum atomic E-state index is 5.37. The summed E-state index contributed by atoms with van der Waals surface area (Å²) >= 11 is 0. The molecule has 2 N–H and O–H groups in total. The van der Waals surface area contributed by atoms with Crippen LogP contribution >= 0.6 is 0 Å². The summed E-state index contributed by atoms with van der Waals surface area (Å²) in [5.41, 5.74) is 5.37. The molecule has 1 aromatic heterocycles. The zero-order valence-corrected chi connectivity index (χ0v) is 8.29. The molecule has 1 aromatic rings. The van der Waals surface area contributed by atoms with E-state index in [1.54, 1.807) is 0 Å². The standard InChI is InChI=1S/C9H17N3O/c1-7(2)6-8-11-9(13-12-8)4-3-5-10/h7H,3-6,10H2,1-2H3. The van der Waals surface area contributed by atoms with Gasteiger partial charge < -0.3 is 10.3 Å². The summed E-state index contributed by atoms with van der Waals surface area (Å²) in [5.74, 6) is 2.09. The molecule has 0 atom stereocenters. The molecule has 13 heavy (non-hydrogen) atoms. The summed E-state index contributed by atoms with van der Waals surface area (Å²) in [6.45, 7) is 4.94. The van der Waals surface area contributed by atoms with Crippen LogP contribution in [0.2, 0.25) is 0 Å². The Hall–Kier alpha value is -0.900. The van der Waals surface area contributed by atoms with Crippen LogP contribution in [0.25, 0.3) is 0 Å². The van der Waals surface area contributed by atoms with Gasteiger partial charge in [0, 0.05) is 12.8 Å². The Labute approximate surface area is 78.5 Å². The summed E-state index contributed by atoms with van der Waals surface area (Å²) in [4.78, 5) is 4.25. The third-order valence-electron chi connectivity index (χ3n) is 1.70. The summed E-state index contributed by atoms with van der Waals surface area (Å²) in [6, 6.07) is 0. The van der Waals surface area contributed by atoms with Crippen molar-refractivity contribution in [3.8, 4) is 0 Å². The van der Waals surface area contributed by atoms with Crippen LogP contribution in [-0.4, -0.2) is 16.7 Å². The van der Waals surface area contributed by atoms with Gasteiger partial charge in [-0.2, -0.15) is 4.98 Å². The van der Waals surface area contributed by atoms with Gasteiger partial charge in [-0.1, -0.05) is 19.0 Å². The highest BCUT2D eigenvalue weighted by atomic mass is 16.5. The van der Waals surface area contributed by atoms with Crippen LogP contribution in [0, 0.1) is 5.92 Å². The van der Waals surface area contributed by atoms with Crippen LogP contribution < -0.4 is 5.73 Å². The van der Waals surface area contributed by atoms with Crippen LogP contribution in [0.5, 0.6) is 0 Å². The van der Waals surface area contributed by atoms with E-state index >= 15 is 0 Å². The summed E-state index contributed by atoms with van der Waals surface area (Å²) in [6.07, 6.45) is 2.58. The second-order valence-electron chi connectivity index (χ2n) is 3.59. The van der Waals surface area contributed by atoms with Gasteiger partial charge in [-0.05, 0) is 18.9 Å². The van der Waals surface area contributed by atoms with Crippen molar-refractivity contribution in [2.45, 2.75) is 33.1 Å². The van der Waals surface area contributed by atoms with Crippen molar-refractivity contribution in [1.29, 1.82) is 0 Å². The molecule has 0 amide bonds. The molecule has 0 bridgehead atoms. The number of hydrogen-bond donors (Lipinski definition) is 1. The molecule has 0 unspecified atom stereocenters. The van der Waals surface area contributed by atoms with Gasteiger partial charge in [0.05, 0.1) is 0 Å². The maximum Gasteiger partial charge on any atom is 0.226 e. The van der Waals surface area contributed by atoms with Crippen molar-refractivity contribution in [1.82, 2.24) is 10.1 Å². The van der Waals surface area contributed by atoms with Crippen molar-refractivity contribution >= 4 is 0 Å². The normalized spacial score (nSPS) is 11.1. The van der Waals surface area contributed by atoms with Crippen LogP contribution in [0.1, 0.15) is 32.0 Å². The predicted molar refractivity (Wildman–Crippen MR) is 50.2 cm³/mol. The van der Waals surface area contributed by atoms with Crippen molar-refractivity contribution in [3.63, 3.8) is 0 Å². The number of rotatable bonds is 5. The highest BCUT2D eigenvalue weighted by Crippen LogP contribution is 2.05. The van der Waals surface area contributed by atoms with E-state index in [0.717, 1.165) is 25.1 Å². The molecule has 0 aliphatic heterocycles. The van der Waals surface area contributed by atoms with Crippen LogP contribution in [0.3, 0.4) is 0 Å². The average molecular weight is 183 g/mol. The zero-order valence-electron chi connectivity index (χ0n) is 8.29. The number of nitrogens with two attached hydrogens (primary N) is 1. The fourth-order valence-electron chi connectivity index (χ4n) is 1.09. The molecule has 74 valence electrons. The third-order valence-corrected chi connectivity index (χ3v) is 1.70. The van der Waals surface area contributed by atoms with E-state index < -0.39 is 0 Å². The quantitative estimate of drug-likeness (QED) is 0.744. The Bertz CT molecular complexity index is 245. The lowest BCUT2D eigenvalue weighted by Gasteiger charge is -1.95. The Morgan fingerprint density at radius 2 is 2.23 bits per heavy atom. The van der Waals surface area contributed by atoms with Gasteiger partial charge in [-0.15, -0.1) is 0 Å². The maximum absolute atomic E-state index is 5.37. The van der Waals surface area contributed by atoms with Gasteiger partial charge in [0.15, 0.2) is 5.82 Å². The van der Waals surface area contributed by atoms with Gasteiger partial charge in [0.1, 0.15) is 0 Å². The second-order valence-corrected chi connectivity index (χ2v) is 3.59. The van der Waals surface area contributed by atoms with E-state index in [9.17, 15) is 0 Å². The van der Waals surface area contributed by atoms with Gasteiger partial charge >= 0.3 is 0 Å². The predicted octanol–water partition coefficient (Wildman–Crippen LogP) is 1.16. The Kier molecular flexibility index (Phi) is 3.89. The van der Waals surface area contributed by atoms with E-state index in [1.165, 1.54) is 0 Å². The SMILES string of the molecule is CC(C)Cc1noc(CCCN)n1. The first-order chi connectivity index (χ1) is 6.22. The number of aromatic nitrogens is 2. The second kappa shape index (κ2) is 4.97. The lowest BCUT2D eigenvalue weighted by Crippen LogP contribution is -2.01. The lowest BCUT2D eigenvalue weighted by molar-refractivity contribution is 0.369. The van der Waals surface area contributed by atoms with Crippen LogP contribution in [-0.2, 0) is 12.8 Å². The molecule has 0 aliphatic carbocycles. The molecular weight excluding hydrogens is 166 g/mol. The van der Waals surface area contributed by atoms with Gasteiger partial charge in [-0.3, -0.25) is 0 Å². The lowest BCUT2D eigenvalue weighted by atomic mass is 10.1. The van der Waals surface area contributed by atoms with Crippen molar-refractivity contribution in [3.05, 3.63) is 11.7 Å². The molecule has 4 nitrogen and oxygen atoms in total. The van der Waals surface area contributed by atoms with Gasteiger partial charge in [-0.25, -0.2) is 0 Å². The summed E-state index contributed by atoms with van der Waals surface area (Å²) < 4.78 is 5.05. The minimum atomic E-state index is 0.569. The molecule has 0 saturated heterocycles. The Morgan fingerprint density at radius 3 is 2.85 bits per heavy atom. The van der Waals surface area contributed by atoms with E-state index in [0.29, 0.717) is 18.4 Å². The number of hydrogen-bond acceptors (Lipinski definition) is 4. The van der Waals surface area contributed by atoms with E-state index in [4.69, 9.17) is 10.3 Å². The fraction of sp³-hybridized carbons (Fsp3) is 0.778. The van der Waals surface area contributed by atoms with Crippen molar-refractivity contribution in [2.75, 3.05) is 6.54 Å². The molecule has 4 heteroatoms. The van der Waals surface area contributed by atoms with Crippen LogP contribution in [0.15, 0.2) is 4.52 Å². The van der Waals surface area contributed by atoms with Gasteiger partial charge in [0.2, 0.25) is 5.89 Å². The molecule has 0 radical (unpaired) electrons. The first kappa shape index (κ1) is 10.2. The smallest absolute Gasteiger partial charge is 0.226 e. The minimum Gasteiger partial charge on any atom is -0.339 e. The molecule has 1 rings (SSSR count). The van der Waals surface area contributed by atoms with E-state index in [2.05, 4.69) is 24.0 Å². The molecule has 0 aromatic carbocycles. The minimum absolute atomic E-state index is 0.569. The highest BCUT2D eigenvalue weighted by Gasteiger charge is 2.06. The topological polar surface area (TPSA) is 64.9 Å². The average Bonchev–Trinajstić information content (AvgIpc) is 2.48. The Balaban J connectivity index is 2.44. The molecule has 0 aliphatic rings. The monoisotopic (exact) mass is 183 g/mol. The summed E-state index contributed by atoms with van der Waals surface area (Å²) in [5, 5.41) is 3.88. The molecule has 1 heterocycles. The molecule has 0 fully saturated rings. The first-order valence-electron chi connectivity index (χ1n) is 4.74. The third kappa shape index (κ3) is 3.55. The highest BCUT2D eigenvalue weighted by molar-refractivity contribution is 4.87. The van der Waals surface area contributed by atoms with E-state index in [-0.39, 0.29) is 0 Å². The molecule has 0 saturated carbocycles. The fourth-order valence-corrected chi connectivity index (χ4v) is 1.09. The zero-order chi connectivity index (χ0) is 9.68. The van der Waals surface area contributed by atoms with Crippen LogP contribution in [0.4, 0.5) is 0 Å². The van der Waals surface area contributed by atoms with Gasteiger partial charge in [0.25, 0.3) is 0 Å². The van der Waals surface area contributed by atoms with Crippen molar-refractivity contribution in [2.24, 2.45) is 11.7 Å². The molecule has 0 spiro atoms. The Morgan fingerprint density at radius 1 is 1.46 bits per heavy atom. The van der Waals surface area contributed by atoms with E-state index in [1.807, 2.05) is 0 Å². The largest absolute Gasteiger partial charge is 0.339 e. The van der Waals surface area contributed by atoms with Crippen molar-refractivity contribution < 1.29 is 4.52 Å². The number of nitrogens with zero attached hydrogens (tertiary/aromatic N) is 2. The molecular formula is C9H17N3O. The number of aryl methyl sites for hydroxylation is 1.